The van der Waals surface area contributed by atoms with Crippen molar-refractivity contribution in [3.05, 3.63) is 35.9 Å². The molecule has 144 valence electrons. The van der Waals surface area contributed by atoms with E-state index >= 15 is 0 Å². The summed E-state index contributed by atoms with van der Waals surface area (Å²) in [6.07, 6.45) is 2.34. The van der Waals surface area contributed by atoms with Crippen LogP contribution in [0.5, 0.6) is 0 Å². The van der Waals surface area contributed by atoms with Gasteiger partial charge in [0, 0.05) is 20.7 Å². The number of unbranched alkanes of at least 4 members (excludes halogenated alkanes) is 1. The summed E-state index contributed by atoms with van der Waals surface area (Å²) < 4.78 is 32.9. The lowest BCUT2D eigenvalue weighted by Crippen LogP contribution is -2.40. The van der Waals surface area contributed by atoms with Gasteiger partial charge < -0.3 is 4.43 Å². The molecular formula is C19H35NO3SSi. The summed E-state index contributed by atoms with van der Waals surface area (Å²) in [6, 6.07) is 9.51. The highest BCUT2D eigenvalue weighted by molar-refractivity contribution is 7.89. The van der Waals surface area contributed by atoms with Crippen molar-refractivity contribution in [2.75, 3.05) is 20.7 Å². The second-order valence-electron chi connectivity index (χ2n) is 8.33. The summed E-state index contributed by atoms with van der Waals surface area (Å²) in [5, 5.41) is -0.287. The lowest BCUT2D eigenvalue weighted by Gasteiger charge is -2.36. The number of nitrogens with zero attached hydrogens (tertiary/aromatic N) is 1. The van der Waals surface area contributed by atoms with Gasteiger partial charge in [0.2, 0.25) is 10.0 Å². The third-order valence-electron chi connectivity index (χ3n) is 5.17. The highest BCUT2D eigenvalue weighted by Crippen LogP contribution is 2.36. The van der Waals surface area contributed by atoms with Gasteiger partial charge in [-0.15, -0.1) is 0 Å². The van der Waals surface area contributed by atoms with Crippen LogP contribution in [0.1, 0.15) is 50.8 Å². The van der Waals surface area contributed by atoms with Crippen molar-refractivity contribution < 1.29 is 12.8 Å². The number of rotatable bonds is 9. The molecular weight excluding hydrogens is 350 g/mol. The number of hydrogen-bond donors (Lipinski definition) is 0. The molecule has 1 atom stereocenters. The van der Waals surface area contributed by atoms with E-state index in [0.717, 1.165) is 18.4 Å². The molecule has 6 heteroatoms. The quantitative estimate of drug-likeness (QED) is 0.452. The molecule has 25 heavy (non-hydrogen) atoms. The van der Waals surface area contributed by atoms with Crippen molar-refractivity contribution in [1.29, 1.82) is 0 Å². The van der Waals surface area contributed by atoms with E-state index in [0.29, 0.717) is 13.0 Å². The van der Waals surface area contributed by atoms with E-state index in [2.05, 4.69) is 33.9 Å². The first-order valence-corrected chi connectivity index (χ1v) is 13.4. The lowest BCUT2D eigenvalue weighted by atomic mass is 10.1. The van der Waals surface area contributed by atoms with Crippen molar-refractivity contribution in [2.24, 2.45) is 0 Å². The molecule has 0 saturated carbocycles. The Balaban J connectivity index is 2.67. The van der Waals surface area contributed by atoms with E-state index in [1.165, 1.54) is 4.31 Å². The van der Waals surface area contributed by atoms with Crippen LogP contribution < -0.4 is 0 Å². The van der Waals surface area contributed by atoms with Crippen molar-refractivity contribution in [2.45, 2.75) is 63.4 Å². The first kappa shape index (κ1) is 22.3. The van der Waals surface area contributed by atoms with Gasteiger partial charge in [0.1, 0.15) is 5.25 Å². The molecule has 0 aliphatic rings. The molecule has 0 aliphatic heterocycles. The minimum atomic E-state index is -3.33. The zero-order chi connectivity index (χ0) is 19.3. The van der Waals surface area contributed by atoms with Gasteiger partial charge in [-0.3, -0.25) is 0 Å². The average Bonchev–Trinajstić information content (AvgIpc) is 2.50. The Bertz CT molecular complexity index is 622. The van der Waals surface area contributed by atoms with E-state index in [9.17, 15) is 8.42 Å². The molecule has 4 nitrogen and oxygen atoms in total. The largest absolute Gasteiger partial charge is 0.417 e. The van der Waals surface area contributed by atoms with Crippen molar-refractivity contribution in [3.63, 3.8) is 0 Å². The molecule has 0 radical (unpaired) electrons. The number of hydrogen-bond acceptors (Lipinski definition) is 3. The fourth-order valence-corrected chi connectivity index (χ4v) is 4.95. The third-order valence-corrected chi connectivity index (χ3v) is 12.0. The molecule has 0 fully saturated rings. The Morgan fingerprint density at radius 2 is 1.64 bits per heavy atom. The fraction of sp³-hybridized carbons (Fsp3) is 0.684. The molecule has 0 aliphatic carbocycles. The Hall–Kier alpha value is -0.693. The summed E-state index contributed by atoms with van der Waals surface area (Å²) in [5.74, 6) is 0. The summed E-state index contributed by atoms with van der Waals surface area (Å²) in [4.78, 5) is 0. The Morgan fingerprint density at radius 3 is 2.12 bits per heavy atom. The summed E-state index contributed by atoms with van der Waals surface area (Å²) in [5.41, 5.74) is 0.863. The highest BCUT2D eigenvalue weighted by Gasteiger charge is 2.37. The lowest BCUT2D eigenvalue weighted by molar-refractivity contribution is 0.277. The number of sulfonamides is 1. The van der Waals surface area contributed by atoms with Crippen LogP contribution in [-0.2, 0) is 14.4 Å². The zero-order valence-corrected chi connectivity index (χ0v) is 18.7. The summed E-state index contributed by atoms with van der Waals surface area (Å²) in [7, 11) is -1.85. The normalized spacial score (nSPS) is 14.7. The first-order valence-electron chi connectivity index (χ1n) is 9.00. The number of benzene rings is 1. The zero-order valence-electron chi connectivity index (χ0n) is 16.9. The van der Waals surface area contributed by atoms with E-state index in [-0.39, 0.29) is 5.04 Å². The molecule has 0 unspecified atom stereocenters. The van der Waals surface area contributed by atoms with Crippen molar-refractivity contribution in [1.82, 2.24) is 4.31 Å². The summed E-state index contributed by atoms with van der Waals surface area (Å²) >= 11 is 0. The minimum absolute atomic E-state index is 0.202. The minimum Gasteiger partial charge on any atom is -0.417 e. The Kier molecular flexibility index (Phi) is 7.86. The second-order valence-corrected chi connectivity index (χ2v) is 15.5. The van der Waals surface area contributed by atoms with Gasteiger partial charge in [-0.2, -0.15) is 0 Å². The van der Waals surface area contributed by atoms with Crippen LogP contribution in [0.3, 0.4) is 0 Å². The molecule has 0 heterocycles. The fourth-order valence-electron chi connectivity index (χ4n) is 2.39. The molecule has 1 aromatic carbocycles. The second kappa shape index (κ2) is 8.80. The van der Waals surface area contributed by atoms with Gasteiger partial charge in [0.05, 0.1) is 0 Å². The van der Waals surface area contributed by atoms with Crippen LogP contribution in [0.4, 0.5) is 0 Å². The van der Waals surface area contributed by atoms with E-state index in [4.69, 9.17) is 4.43 Å². The molecule has 0 spiro atoms. The Morgan fingerprint density at radius 1 is 1.08 bits per heavy atom. The van der Waals surface area contributed by atoms with E-state index in [1.807, 2.05) is 30.3 Å². The average molecular weight is 386 g/mol. The maximum Gasteiger partial charge on any atom is 0.220 e. The van der Waals surface area contributed by atoms with Crippen molar-refractivity contribution in [3.8, 4) is 0 Å². The maximum atomic E-state index is 12.7. The van der Waals surface area contributed by atoms with Gasteiger partial charge >= 0.3 is 0 Å². The summed E-state index contributed by atoms with van der Waals surface area (Å²) in [6.45, 7) is 11.9. The van der Waals surface area contributed by atoms with Gasteiger partial charge in [0.15, 0.2) is 8.32 Å². The van der Waals surface area contributed by atoms with Crippen LogP contribution in [-0.4, -0.2) is 41.7 Å². The predicted octanol–water partition coefficient (Wildman–Crippen LogP) is 4.81. The van der Waals surface area contributed by atoms with Gasteiger partial charge in [-0.05, 0) is 43.0 Å². The molecule has 0 amide bonds. The SMILES string of the molecule is CN(C)S(=O)(=O)[C@@H](CCCCO[Si](C)(C)C(C)(C)C)c1ccccc1. The molecule has 0 N–H and O–H groups in total. The topological polar surface area (TPSA) is 46.6 Å². The smallest absolute Gasteiger partial charge is 0.220 e. The van der Waals surface area contributed by atoms with E-state index in [1.54, 1.807) is 14.1 Å². The van der Waals surface area contributed by atoms with Crippen LogP contribution in [0.15, 0.2) is 30.3 Å². The Labute approximate surface area is 155 Å². The van der Waals surface area contributed by atoms with Crippen LogP contribution in [0.2, 0.25) is 18.1 Å². The molecule has 0 aromatic heterocycles. The molecule has 1 rings (SSSR count). The first-order chi connectivity index (χ1) is 11.4. The van der Waals surface area contributed by atoms with Crippen LogP contribution in [0, 0.1) is 0 Å². The maximum absolute atomic E-state index is 12.7. The molecule has 1 aromatic rings. The van der Waals surface area contributed by atoms with Gasteiger partial charge in [-0.1, -0.05) is 51.1 Å². The monoisotopic (exact) mass is 385 g/mol. The van der Waals surface area contributed by atoms with Crippen LogP contribution in [0.25, 0.3) is 0 Å². The predicted molar refractivity (Wildman–Crippen MR) is 109 cm³/mol. The molecule has 0 bridgehead atoms. The molecule has 0 saturated heterocycles. The highest BCUT2D eigenvalue weighted by atomic mass is 32.2. The van der Waals surface area contributed by atoms with Crippen LogP contribution >= 0.6 is 0 Å². The van der Waals surface area contributed by atoms with E-state index < -0.39 is 23.6 Å². The van der Waals surface area contributed by atoms with Crippen molar-refractivity contribution >= 4 is 18.3 Å². The van der Waals surface area contributed by atoms with Gasteiger partial charge in [0.25, 0.3) is 0 Å². The third kappa shape index (κ3) is 6.20. The van der Waals surface area contributed by atoms with Gasteiger partial charge in [-0.25, -0.2) is 12.7 Å². The standard InChI is InChI=1S/C19H35NO3SSi/c1-19(2,3)25(6,7)23-16-12-11-15-18(24(21,22)20(4)5)17-13-9-8-10-14-17/h8-10,13-14,18H,11-12,15-16H2,1-7H3/t18-/m0/s1.